The minimum absolute atomic E-state index is 0.0546. The molecule has 0 radical (unpaired) electrons. The van der Waals surface area contributed by atoms with Crippen molar-refractivity contribution in [2.75, 3.05) is 26.2 Å². The van der Waals surface area contributed by atoms with Gasteiger partial charge in [-0.25, -0.2) is 4.98 Å². The van der Waals surface area contributed by atoms with Crippen LogP contribution in [0.3, 0.4) is 0 Å². The zero-order valence-corrected chi connectivity index (χ0v) is 17.9. The molecule has 0 saturated carbocycles. The number of imidazole rings is 1. The number of benzene rings is 1. The first-order valence-corrected chi connectivity index (χ1v) is 10.6. The number of hydrogen-bond donors (Lipinski definition) is 1. The van der Waals surface area contributed by atoms with E-state index in [2.05, 4.69) is 36.0 Å². The van der Waals surface area contributed by atoms with Crippen molar-refractivity contribution in [2.45, 2.75) is 52.7 Å². The van der Waals surface area contributed by atoms with Gasteiger partial charge < -0.3 is 19.5 Å². The molecule has 2 aromatic rings. The zero-order chi connectivity index (χ0) is 20.7. The standard InChI is InChI=1S/C23H34N4O2/c1-23(2,3)17-26-13-8-20(9-14-26)29-21-7-4-6-19(16-21)22(28)25-10-5-12-27-15-11-24-18-27/h4,6-7,11,15-16,18,20H,5,8-10,12-14,17H2,1-3H3,(H,25,28). The van der Waals surface area contributed by atoms with Crippen LogP contribution in [0, 0.1) is 5.41 Å². The Hall–Kier alpha value is -2.34. The number of piperidine rings is 1. The highest BCUT2D eigenvalue weighted by atomic mass is 16.5. The fourth-order valence-corrected chi connectivity index (χ4v) is 3.74. The largest absolute Gasteiger partial charge is 0.490 e. The molecule has 3 rings (SSSR count). The van der Waals surface area contributed by atoms with Crippen LogP contribution in [-0.2, 0) is 6.54 Å². The lowest BCUT2D eigenvalue weighted by Gasteiger charge is -2.36. The van der Waals surface area contributed by atoms with E-state index in [1.807, 2.05) is 35.0 Å². The molecule has 6 heteroatoms. The van der Waals surface area contributed by atoms with Crippen LogP contribution in [0.5, 0.6) is 5.75 Å². The molecule has 158 valence electrons. The second kappa shape index (κ2) is 9.92. The van der Waals surface area contributed by atoms with Gasteiger partial charge in [0.05, 0.1) is 6.33 Å². The summed E-state index contributed by atoms with van der Waals surface area (Å²) in [5.74, 6) is 0.728. The molecule has 0 unspecified atom stereocenters. The summed E-state index contributed by atoms with van der Waals surface area (Å²) in [6.07, 6.45) is 8.62. The monoisotopic (exact) mass is 398 g/mol. The summed E-state index contributed by atoms with van der Waals surface area (Å²) in [5, 5.41) is 2.98. The van der Waals surface area contributed by atoms with Crippen LogP contribution in [0.2, 0.25) is 0 Å². The number of aryl methyl sites for hydroxylation is 1. The first kappa shape index (κ1) is 21.4. The maximum absolute atomic E-state index is 12.4. The highest BCUT2D eigenvalue weighted by Gasteiger charge is 2.24. The molecule has 6 nitrogen and oxygen atoms in total. The van der Waals surface area contributed by atoms with Gasteiger partial charge in [0.25, 0.3) is 5.91 Å². The van der Waals surface area contributed by atoms with E-state index in [0.717, 1.165) is 51.2 Å². The lowest BCUT2D eigenvalue weighted by molar-refractivity contribution is 0.0808. The Morgan fingerprint density at radius 1 is 1.28 bits per heavy atom. The number of amides is 1. The molecule has 1 saturated heterocycles. The second-order valence-corrected chi connectivity index (χ2v) is 9.09. The molecule has 2 heterocycles. The van der Waals surface area contributed by atoms with E-state index in [9.17, 15) is 4.79 Å². The first-order valence-electron chi connectivity index (χ1n) is 10.6. The van der Waals surface area contributed by atoms with Crippen LogP contribution >= 0.6 is 0 Å². The van der Waals surface area contributed by atoms with Crippen LogP contribution in [0.25, 0.3) is 0 Å². The Balaban J connectivity index is 1.42. The molecule has 1 amide bonds. The third kappa shape index (κ3) is 7.20. The SMILES string of the molecule is CC(C)(C)CN1CCC(Oc2cccc(C(=O)NCCCn3ccnc3)c2)CC1. The van der Waals surface area contributed by atoms with E-state index in [4.69, 9.17) is 4.74 Å². The van der Waals surface area contributed by atoms with Gasteiger partial charge in [-0.3, -0.25) is 4.79 Å². The van der Waals surface area contributed by atoms with Crippen molar-refractivity contribution in [3.8, 4) is 5.75 Å². The fourth-order valence-electron chi connectivity index (χ4n) is 3.74. The van der Waals surface area contributed by atoms with Gasteiger partial charge in [-0.1, -0.05) is 26.8 Å². The van der Waals surface area contributed by atoms with E-state index in [-0.39, 0.29) is 12.0 Å². The number of nitrogens with one attached hydrogen (secondary N) is 1. The van der Waals surface area contributed by atoms with E-state index in [1.165, 1.54) is 0 Å². The quantitative estimate of drug-likeness (QED) is 0.691. The Kier molecular flexibility index (Phi) is 7.31. The summed E-state index contributed by atoms with van der Waals surface area (Å²) in [7, 11) is 0. The molecule has 0 atom stereocenters. The van der Waals surface area contributed by atoms with Crippen molar-refractivity contribution in [2.24, 2.45) is 5.41 Å². The molecule has 0 spiro atoms. The van der Waals surface area contributed by atoms with Crippen molar-refractivity contribution in [3.05, 3.63) is 48.5 Å². The van der Waals surface area contributed by atoms with Crippen molar-refractivity contribution in [3.63, 3.8) is 0 Å². The highest BCUT2D eigenvalue weighted by Crippen LogP contribution is 2.23. The third-order valence-corrected chi connectivity index (χ3v) is 5.07. The molecule has 1 aromatic carbocycles. The summed E-state index contributed by atoms with van der Waals surface area (Å²) < 4.78 is 8.19. The molecule has 29 heavy (non-hydrogen) atoms. The molecule has 1 fully saturated rings. The van der Waals surface area contributed by atoms with E-state index in [0.29, 0.717) is 17.5 Å². The summed E-state index contributed by atoms with van der Waals surface area (Å²) >= 11 is 0. The molecule has 1 N–H and O–H groups in total. The number of aromatic nitrogens is 2. The summed E-state index contributed by atoms with van der Waals surface area (Å²) in [6, 6.07) is 7.53. The summed E-state index contributed by atoms with van der Waals surface area (Å²) in [5.41, 5.74) is 0.976. The van der Waals surface area contributed by atoms with E-state index < -0.39 is 0 Å². The Morgan fingerprint density at radius 2 is 2.07 bits per heavy atom. The van der Waals surface area contributed by atoms with Crippen LogP contribution in [0.15, 0.2) is 43.0 Å². The van der Waals surface area contributed by atoms with Gasteiger partial charge in [-0.2, -0.15) is 0 Å². The molecule has 0 aliphatic carbocycles. The summed E-state index contributed by atoms with van der Waals surface area (Å²) in [4.78, 5) is 19.0. The van der Waals surface area contributed by atoms with Gasteiger partial charge in [0.1, 0.15) is 11.9 Å². The van der Waals surface area contributed by atoms with Gasteiger partial charge in [0.15, 0.2) is 0 Å². The zero-order valence-electron chi connectivity index (χ0n) is 17.9. The lowest BCUT2D eigenvalue weighted by atomic mass is 9.94. The van der Waals surface area contributed by atoms with Crippen molar-refractivity contribution in [1.82, 2.24) is 19.8 Å². The normalized spacial score (nSPS) is 16.0. The second-order valence-electron chi connectivity index (χ2n) is 9.09. The molecule has 1 aliphatic rings. The predicted octanol–water partition coefficient (Wildman–Crippen LogP) is 3.59. The number of carbonyl (C=O) groups excluding carboxylic acids is 1. The summed E-state index contributed by atoms with van der Waals surface area (Å²) in [6.45, 7) is 11.6. The van der Waals surface area contributed by atoms with E-state index in [1.54, 1.807) is 12.5 Å². The fraction of sp³-hybridized carbons (Fsp3) is 0.565. The van der Waals surface area contributed by atoms with Crippen LogP contribution in [0.1, 0.15) is 50.4 Å². The topological polar surface area (TPSA) is 59.4 Å². The smallest absolute Gasteiger partial charge is 0.251 e. The number of nitrogens with zero attached hydrogens (tertiary/aromatic N) is 3. The molecule has 1 aliphatic heterocycles. The maximum Gasteiger partial charge on any atom is 0.251 e. The number of rotatable bonds is 8. The van der Waals surface area contributed by atoms with Crippen molar-refractivity contribution < 1.29 is 9.53 Å². The van der Waals surface area contributed by atoms with Gasteiger partial charge >= 0.3 is 0 Å². The maximum atomic E-state index is 12.4. The molecule has 1 aromatic heterocycles. The molecular weight excluding hydrogens is 364 g/mol. The average molecular weight is 399 g/mol. The number of ether oxygens (including phenoxy) is 1. The Bertz CT molecular complexity index is 759. The minimum atomic E-state index is -0.0546. The van der Waals surface area contributed by atoms with Gasteiger partial charge in [-0.05, 0) is 42.9 Å². The number of hydrogen-bond acceptors (Lipinski definition) is 4. The predicted molar refractivity (Wildman–Crippen MR) is 115 cm³/mol. The van der Waals surface area contributed by atoms with Crippen LogP contribution < -0.4 is 10.1 Å². The van der Waals surface area contributed by atoms with Crippen molar-refractivity contribution >= 4 is 5.91 Å². The van der Waals surface area contributed by atoms with Gasteiger partial charge in [-0.15, -0.1) is 0 Å². The van der Waals surface area contributed by atoms with Gasteiger partial charge in [0.2, 0.25) is 0 Å². The lowest BCUT2D eigenvalue weighted by Crippen LogP contribution is -2.42. The van der Waals surface area contributed by atoms with Gasteiger partial charge in [0, 0.05) is 50.7 Å². The van der Waals surface area contributed by atoms with Crippen molar-refractivity contribution in [1.29, 1.82) is 0 Å². The molecular formula is C23H34N4O2. The first-order chi connectivity index (χ1) is 13.9. The van der Waals surface area contributed by atoms with E-state index >= 15 is 0 Å². The number of likely N-dealkylation sites (tertiary alicyclic amines) is 1. The average Bonchev–Trinajstić information content (AvgIpc) is 3.19. The third-order valence-electron chi connectivity index (χ3n) is 5.07. The minimum Gasteiger partial charge on any atom is -0.490 e. The van der Waals surface area contributed by atoms with Crippen LogP contribution in [-0.4, -0.2) is 52.6 Å². The number of carbonyl (C=O) groups is 1. The Labute approximate surface area is 174 Å². The molecule has 0 bridgehead atoms. The Morgan fingerprint density at radius 3 is 2.76 bits per heavy atom. The highest BCUT2D eigenvalue weighted by molar-refractivity contribution is 5.94. The van der Waals surface area contributed by atoms with Crippen LogP contribution in [0.4, 0.5) is 0 Å².